The number of hydrogen-bond acceptors (Lipinski definition) is 4. The normalized spacial score (nSPS) is 11.0. The summed E-state index contributed by atoms with van der Waals surface area (Å²) in [7, 11) is 0. The summed E-state index contributed by atoms with van der Waals surface area (Å²) in [4.78, 5) is 12.9. The highest BCUT2D eigenvalue weighted by Crippen LogP contribution is 2.14. The molecule has 0 saturated carbocycles. The minimum atomic E-state index is -1.05. The number of aromatic carboxylic acids is 1. The Balaban J connectivity index is 2.87. The molecule has 1 N–H and O–H groups in total. The lowest BCUT2D eigenvalue weighted by Gasteiger charge is -2.26. The predicted molar refractivity (Wildman–Crippen MR) is 70.9 cm³/mol. The SMILES string of the molecule is CC(C)CN(CC(C)C)c1ccc(C(=O)O)nn1. The summed E-state index contributed by atoms with van der Waals surface area (Å²) in [6.45, 7) is 10.4. The molecular weight excluding hydrogens is 230 g/mol. The second-order valence-electron chi connectivity index (χ2n) is 5.27. The van der Waals surface area contributed by atoms with Gasteiger partial charge in [0.05, 0.1) is 0 Å². The molecule has 0 atom stereocenters. The van der Waals surface area contributed by atoms with Crippen molar-refractivity contribution in [2.24, 2.45) is 11.8 Å². The molecule has 0 aromatic carbocycles. The van der Waals surface area contributed by atoms with Gasteiger partial charge in [-0.15, -0.1) is 10.2 Å². The van der Waals surface area contributed by atoms with Gasteiger partial charge in [0.15, 0.2) is 11.5 Å². The average Bonchev–Trinajstić information content (AvgIpc) is 2.27. The van der Waals surface area contributed by atoms with Crippen molar-refractivity contribution in [2.45, 2.75) is 27.7 Å². The number of carboxylic acids is 1. The van der Waals surface area contributed by atoms with Crippen molar-refractivity contribution in [3.05, 3.63) is 17.8 Å². The molecule has 0 fully saturated rings. The summed E-state index contributed by atoms with van der Waals surface area (Å²) in [6, 6.07) is 3.22. The molecule has 5 heteroatoms. The molecule has 1 heterocycles. The number of nitrogens with zero attached hydrogens (tertiary/aromatic N) is 3. The van der Waals surface area contributed by atoms with Crippen LogP contribution in [0.4, 0.5) is 5.82 Å². The molecule has 100 valence electrons. The zero-order chi connectivity index (χ0) is 13.7. The number of carbonyl (C=O) groups is 1. The fourth-order valence-corrected chi connectivity index (χ4v) is 1.75. The highest BCUT2D eigenvalue weighted by molar-refractivity contribution is 5.85. The van der Waals surface area contributed by atoms with Crippen molar-refractivity contribution in [3.8, 4) is 0 Å². The van der Waals surface area contributed by atoms with Crippen LogP contribution in [0.15, 0.2) is 12.1 Å². The van der Waals surface area contributed by atoms with E-state index in [9.17, 15) is 4.79 Å². The Kier molecular flexibility index (Phi) is 5.07. The maximum atomic E-state index is 10.7. The van der Waals surface area contributed by atoms with Crippen LogP contribution < -0.4 is 4.90 Å². The molecule has 0 spiro atoms. The van der Waals surface area contributed by atoms with Crippen LogP contribution >= 0.6 is 0 Å². The van der Waals surface area contributed by atoms with Gasteiger partial charge in [0.2, 0.25) is 0 Å². The molecule has 1 aromatic heterocycles. The van der Waals surface area contributed by atoms with Crippen LogP contribution in [0.3, 0.4) is 0 Å². The maximum absolute atomic E-state index is 10.7. The number of hydrogen-bond donors (Lipinski definition) is 1. The fraction of sp³-hybridized carbons (Fsp3) is 0.615. The van der Waals surface area contributed by atoms with E-state index in [0.717, 1.165) is 18.9 Å². The van der Waals surface area contributed by atoms with Gasteiger partial charge in [0.25, 0.3) is 0 Å². The average molecular weight is 251 g/mol. The number of aromatic nitrogens is 2. The minimum absolute atomic E-state index is 0.0206. The largest absolute Gasteiger partial charge is 0.476 e. The Hall–Kier alpha value is -1.65. The van der Waals surface area contributed by atoms with Crippen LogP contribution in [-0.2, 0) is 0 Å². The van der Waals surface area contributed by atoms with Crippen LogP contribution in [0.5, 0.6) is 0 Å². The molecule has 1 aromatic rings. The van der Waals surface area contributed by atoms with E-state index in [-0.39, 0.29) is 5.69 Å². The molecule has 0 amide bonds. The van der Waals surface area contributed by atoms with Gasteiger partial charge in [-0.1, -0.05) is 27.7 Å². The molecule has 0 radical (unpaired) electrons. The molecule has 0 aliphatic rings. The van der Waals surface area contributed by atoms with Gasteiger partial charge in [-0.3, -0.25) is 0 Å². The molecule has 0 unspecified atom stereocenters. The van der Waals surface area contributed by atoms with Gasteiger partial charge >= 0.3 is 5.97 Å². The van der Waals surface area contributed by atoms with Gasteiger partial charge in [0, 0.05) is 13.1 Å². The van der Waals surface area contributed by atoms with Crippen LogP contribution in [0, 0.1) is 11.8 Å². The van der Waals surface area contributed by atoms with Crippen molar-refractivity contribution < 1.29 is 9.90 Å². The van der Waals surface area contributed by atoms with Gasteiger partial charge in [-0.2, -0.15) is 0 Å². The first-order chi connectivity index (χ1) is 8.40. The van der Waals surface area contributed by atoms with Crippen molar-refractivity contribution in [3.63, 3.8) is 0 Å². The van der Waals surface area contributed by atoms with E-state index in [1.54, 1.807) is 6.07 Å². The van der Waals surface area contributed by atoms with E-state index in [1.165, 1.54) is 6.07 Å². The summed E-state index contributed by atoms with van der Waals surface area (Å²) in [5.74, 6) is 0.727. The first kappa shape index (κ1) is 14.4. The summed E-state index contributed by atoms with van der Waals surface area (Å²) in [5, 5.41) is 16.5. The topological polar surface area (TPSA) is 66.3 Å². The van der Waals surface area contributed by atoms with Crippen LogP contribution in [-0.4, -0.2) is 34.4 Å². The Morgan fingerprint density at radius 3 is 2.06 bits per heavy atom. The van der Waals surface area contributed by atoms with Gasteiger partial charge in [-0.25, -0.2) is 4.79 Å². The van der Waals surface area contributed by atoms with Gasteiger partial charge < -0.3 is 10.0 Å². The third kappa shape index (κ3) is 4.31. The zero-order valence-corrected chi connectivity index (χ0v) is 11.4. The molecule has 0 aliphatic carbocycles. The van der Waals surface area contributed by atoms with Crippen LogP contribution in [0.2, 0.25) is 0 Å². The molecule has 18 heavy (non-hydrogen) atoms. The van der Waals surface area contributed by atoms with E-state index >= 15 is 0 Å². The predicted octanol–water partition coefficient (Wildman–Crippen LogP) is 2.29. The van der Waals surface area contributed by atoms with E-state index in [2.05, 4.69) is 42.8 Å². The molecule has 5 nitrogen and oxygen atoms in total. The molecule has 0 bridgehead atoms. The Morgan fingerprint density at radius 2 is 1.72 bits per heavy atom. The molecular formula is C13H21N3O2. The quantitative estimate of drug-likeness (QED) is 0.840. The number of anilines is 1. The first-order valence-corrected chi connectivity index (χ1v) is 6.22. The van der Waals surface area contributed by atoms with Crippen LogP contribution in [0.25, 0.3) is 0 Å². The smallest absolute Gasteiger partial charge is 0.356 e. The fourth-order valence-electron chi connectivity index (χ4n) is 1.75. The lowest BCUT2D eigenvalue weighted by Crippen LogP contribution is -2.32. The van der Waals surface area contributed by atoms with E-state index in [0.29, 0.717) is 11.8 Å². The summed E-state index contributed by atoms with van der Waals surface area (Å²) in [5.41, 5.74) is -0.0206. The van der Waals surface area contributed by atoms with Crippen molar-refractivity contribution in [2.75, 3.05) is 18.0 Å². The highest BCUT2D eigenvalue weighted by atomic mass is 16.4. The van der Waals surface area contributed by atoms with Gasteiger partial charge in [0.1, 0.15) is 0 Å². The van der Waals surface area contributed by atoms with Crippen molar-refractivity contribution >= 4 is 11.8 Å². The van der Waals surface area contributed by atoms with E-state index in [1.807, 2.05) is 0 Å². The van der Waals surface area contributed by atoms with Crippen LogP contribution in [0.1, 0.15) is 38.2 Å². The summed E-state index contributed by atoms with van der Waals surface area (Å²) in [6.07, 6.45) is 0. The van der Waals surface area contributed by atoms with Crippen molar-refractivity contribution in [1.82, 2.24) is 10.2 Å². The van der Waals surface area contributed by atoms with E-state index < -0.39 is 5.97 Å². The van der Waals surface area contributed by atoms with Crippen molar-refractivity contribution in [1.29, 1.82) is 0 Å². The van der Waals surface area contributed by atoms with Gasteiger partial charge in [-0.05, 0) is 24.0 Å². The Labute approximate surface area is 108 Å². The second kappa shape index (κ2) is 6.33. The summed E-state index contributed by atoms with van der Waals surface area (Å²) < 4.78 is 0. The zero-order valence-electron chi connectivity index (χ0n) is 11.4. The molecule has 0 saturated heterocycles. The molecule has 1 rings (SSSR count). The lowest BCUT2D eigenvalue weighted by atomic mass is 10.1. The van der Waals surface area contributed by atoms with E-state index in [4.69, 9.17) is 5.11 Å². The standard InChI is InChI=1S/C13H21N3O2/c1-9(2)7-16(8-10(3)4)12-6-5-11(13(17)18)14-15-12/h5-6,9-10H,7-8H2,1-4H3,(H,17,18). The highest BCUT2D eigenvalue weighted by Gasteiger charge is 2.13. The Bertz CT molecular complexity index is 378. The minimum Gasteiger partial charge on any atom is -0.476 e. The lowest BCUT2D eigenvalue weighted by molar-refractivity contribution is 0.0689. The summed E-state index contributed by atoms with van der Waals surface area (Å²) >= 11 is 0. The molecule has 0 aliphatic heterocycles. The monoisotopic (exact) mass is 251 g/mol. The maximum Gasteiger partial charge on any atom is 0.356 e. The second-order valence-corrected chi connectivity index (χ2v) is 5.27. The Morgan fingerprint density at radius 1 is 1.17 bits per heavy atom. The number of carboxylic acid groups (broad SMARTS) is 1. The number of rotatable bonds is 6. The third-order valence-corrected chi connectivity index (χ3v) is 2.36. The first-order valence-electron chi connectivity index (χ1n) is 6.22. The third-order valence-electron chi connectivity index (χ3n) is 2.36.